The summed E-state index contributed by atoms with van der Waals surface area (Å²) in [6.07, 6.45) is 1.46. The number of rotatable bonds is 2. The maximum atomic E-state index is 8.76. The van der Waals surface area contributed by atoms with Crippen molar-refractivity contribution in [3.8, 4) is 6.07 Å². The summed E-state index contributed by atoms with van der Waals surface area (Å²) in [6.45, 7) is 0. The Morgan fingerprint density at radius 1 is 1.25 bits per heavy atom. The minimum Gasteiger partial charge on any atom is -0.340 e. The van der Waals surface area contributed by atoms with E-state index in [0.29, 0.717) is 16.0 Å². The molecule has 0 radical (unpaired) electrons. The number of nitrogens with one attached hydrogen (secondary N) is 1. The second kappa shape index (κ2) is 4.73. The number of hydrogen-bond donors (Lipinski definition) is 1. The summed E-state index contributed by atoms with van der Waals surface area (Å²) < 4.78 is 0.710. The third-order valence-corrected chi connectivity index (χ3v) is 2.33. The molecule has 1 aromatic heterocycles. The van der Waals surface area contributed by atoms with Gasteiger partial charge in [0.05, 0.1) is 11.6 Å². The number of aromatic nitrogens is 2. The largest absolute Gasteiger partial charge is 0.340 e. The molecule has 1 aromatic carbocycles. The van der Waals surface area contributed by atoms with Crippen LogP contribution in [0.5, 0.6) is 0 Å². The zero-order valence-electron chi connectivity index (χ0n) is 8.18. The van der Waals surface area contributed by atoms with Crippen LogP contribution < -0.4 is 5.32 Å². The SMILES string of the molecule is N#Cc1cccc(Nc2cc(Br)ncn2)c1. The summed E-state index contributed by atoms with van der Waals surface area (Å²) >= 11 is 3.26. The van der Waals surface area contributed by atoms with Gasteiger partial charge in [-0.15, -0.1) is 0 Å². The molecule has 4 nitrogen and oxygen atoms in total. The van der Waals surface area contributed by atoms with E-state index in [-0.39, 0.29) is 0 Å². The molecule has 0 saturated heterocycles. The van der Waals surface area contributed by atoms with Crippen molar-refractivity contribution in [3.05, 3.63) is 46.8 Å². The van der Waals surface area contributed by atoms with Crippen LogP contribution in [-0.4, -0.2) is 9.97 Å². The molecule has 16 heavy (non-hydrogen) atoms. The van der Waals surface area contributed by atoms with Crippen molar-refractivity contribution in [3.63, 3.8) is 0 Å². The highest BCUT2D eigenvalue weighted by Crippen LogP contribution is 2.17. The summed E-state index contributed by atoms with van der Waals surface area (Å²) in [5.74, 6) is 0.678. The second-order valence-corrected chi connectivity index (χ2v) is 3.86. The Morgan fingerprint density at radius 2 is 2.12 bits per heavy atom. The van der Waals surface area contributed by atoms with Gasteiger partial charge in [0.25, 0.3) is 0 Å². The van der Waals surface area contributed by atoms with Crippen LogP contribution in [0.1, 0.15) is 5.56 Å². The predicted octanol–water partition coefficient (Wildman–Crippen LogP) is 2.85. The Hall–Kier alpha value is -1.93. The molecular formula is C11H7BrN4. The zero-order valence-corrected chi connectivity index (χ0v) is 9.77. The number of nitrogens with zero attached hydrogens (tertiary/aromatic N) is 3. The van der Waals surface area contributed by atoms with Crippen LogP contribution in [0.2, 0.25) is 0 Å². The average molecular weight is 275 g/mol. The fraction of sp³-hybridized carbons (Fsp3) is 0. The quantitative estimate of drug-likeness (QED) is 0.856. The van der Waals surface area contributed by atoms with Gasteiger partial charge in [-0.1, -0.05) is 6.07 Å². The molecule has 0 aliphatic rings. The molecule has 2 aromatic rings. The van der Waals surface area contributed by atoms with E-state index in [4.69, 9.17) is 5.26 Å². The molecule has 0 atom stereocenters. The van der Waals surface area contributed by atoms with Crippen LogP contribution >= 0.6 is 15.9 Å². The van der Waals surface area contributed by atoms with Gasteiger partial charge in [-0.05, 0) is 34.1 Å². The summed E-state index contributed by atoms with van der Waals surface area (Å²) in [6, 6.07) is 11.0. The fourth-order valence-corrected chi connectivity index (χ4v) is 1.52. The molecule has 0 spiro atoms. The summed E-state index contributed by atoms with van der Waals surface area (Å²) in [5, 5.41) is 11.8. The van der Waals surface area contributed by atoms with Gasteiger partial charge < -0.3 is 5.32 Å². The lowest BCUT2D eigenvalue weighted by Crippen LogP contribution is -1.94. The van der Waals surface area contributed by atoms with E-state index < -0.39 is 0 Å². The Labute approximate surface area is 101 Å². The van der Waals surface area contributed by atoms with Crippen LogP contribution in [0.25, 0.3) is 0 Å². The Kier molecular flexibility index (Phi) is 3.13. The highest BCUT2D eigenvalue weighted by atomic mass is 79.9. The molecule has 0 amide bonds. The fourth-order valence-electron chi connectivity index (χ4n) is 1.22. The van der Waals surface area contributed by atoms with E-state index >= 15 is 0 Å². The molecule has 0 aliphatic heterocycles. The van der Waals surface area contributed by atoms with Crippen molar-refractivity contribution in [1.82, 2.24) is 9.97 Å². The lowest BCUT2D eigenvalue weighted by molar-refractivity contribution is 1.14. The normalized spacial score (nSPS) is 9.50. The second-order valence-electron chi connectivity index (χ2n) is 3.04. The summed E-state index contributed by atoms with van der Waals surface area (Å²) in [5.41, 5.74) is 1.43. The molecule has 0 aliphatic carbocycles. The maximum Gasteiger partial charge on any atom is 0.134 e. The first-order valence-electron chi connectivity index (χ1n) is 4.52. The molecule has 0 fully saturated rings. The maximum absolute atomic E-state index is 8.76. The van der Waals surface area contributed by atoms with Crippen LogP contribution in [0.4, 0.5) is 11.5 Å². The smallest absolute Gasteiger partial charge is 0.134 e. The lowest BCUT2D eigenvalue weighted by atomic mass is 10.2. The number of halogens is 1. The zero-order chi connectivity index (χ0) is 11.4. The first-order chi connectivity index (χ1) is 7.78. The van der Waals surface area contributed by atoms with E-state index in [0.717, 1.165) is 5.69 Å². The number of anilines is 2. The van der Waals surface area contributed by atoms with Crippen molar-refractivity contribution in [2.75, 3.05) is 5.32 Å². The number of hydrogen-bond acceptors (Lipinski definition) is 4. The van der Waals surface area contributed by atoms with E-state index in [1.807, 2.05) is 12.1 Å². The van der Waals surface area contributed by atoms with Crippen LogP contribution in [0, 0.1) is 11.3 Å². The summed E-state index contributed by atoms with van der Waals surface area (Å²) in [4.78, 5) is 7.98. The molecule has 5 heteroatoms. The highest BCUT2D eigenvalue weighted by molar-refractivity contribution is 9.10. The third kappa shape index (κ3) is 2.55. The minimum absolute atomic E-state index is 0.609. The molecule has 0 bridgehead atoms. The van der Waals surface area contributed by atoms with Gasteiger partial charge in [0.2, 0.25) is 0 Å². The van der Waals surface area contributed by atoms with Gasteiger partial charge in [-0.25, -0.2) is 9.97 Å². The molecule has 0 saturated carbocycles. The van der Waals surface area contributed by atoms with E-state index in [2.05, 4.69) is 37.3 Å². The molecule has 2 rings (SSSR count). The van der Waals surface area contributed by atoms with Crippen LogP contribution in [0.3, 0.4) is 0 Å². The van der Waals surface area contributed by atoms with E-state index in [1.165, 1.54) is 6.33 Å². The van der Waals surface area contributed by atoms with Gasteiger partial charge in [-0.3, -0.25) is 0 Å². The molecule has 1 heterocycles. The molecule has 78 valence electrons. The predicted molar refractivity (Wildman–Crippen MR) is 64.2 cm³/mol. The van der Waals surface area contributed by atoms with Crippen LogP contribution in [-0.2, 0) is 0 Å². The first kappa shape index (κ1) is 10.6. The van der Waals surface area contributed by atoms with Gasteiger partial charge >= 0.3 is 0 Å². The Balaban J connectivity index is 2.24. The molecular weight excluding hydrogens is 268 g/mol. The van der Waals surface area contributed by atoms with Gasteiger partial charge in [0, 0.05) is 11.8 Å². The Morgan fingerprint density at radius 3 is 2.88 bits per heavy atom. The number of nitriles is 1. The first-order valence-corrected chi connectivity index (χ1v) is 5.32. The molecule has 1 N–H and O–H groups in total. The monoisotopic (exact) mass is 274 g/mol. The van der Waals surface area contributed by atoms with E-state index in [1.54, 1.807) is 18.2 Å². The number of benzene rings is 1. The van der Waals surface area contributed by atoms with Crippen molar-refractivity contribution >= 4 is 27.4 Å². The lowest BCUT2D eigenvalue weighted by Gasteiger charge is -2.05. The van der Waals surface area contributed by atoms with Gasteiger partial charge in [0.15, 0.2) is 0 Å². The third-order valence-electron chi connectivity index (χ3n) is 1.90. The minimum atomic E-state index is 0.609. The van der Waals surface area contributed by atoms with Gasteiger partial charge in [-0.2, -0.15) is 5.26 Å². The van der Waals surface area contributed by atoms with E-state index in [9.17, 15) is 0 Å². The molecule has 0 unspecified atom stereocenters. The van der Waals surface area contributed by atoms with Gasteiger partial charge in [0.1, 0.15) is 16.7 Å². The summed E-state index contributed by atoms with van der Waals surface area (Å²) in [7, 11) is 0. The van der Waals surface area contributed by atoms with Crippen molar-refractivity contribution in [1.29, 1.82) is 5.26 Å². The average Bonchev–Trinajstić information content (AvgIpc) is 2.29. The van der Waals surface area contributed by atoms with Crippen molar-refractivity contribution < 1.29 is 0 Å². The standard InChI is InChI=1S/C11H7BrN4/c12-10-5-11(15-7-14-10)16-9-3-1-2-8(4-9)6-13/h1-5,7H,(H,14,15,16). The van der Waals surface area contributed by atoms with Crippen molar-refractivity contribution in [2.24, 2.45) is 0 Å². The Bertz CT molecular complexity index is 548. The highest BCUT2D eigenvalue weighted by Gasteiger charge is 1.98. The van der Waals surface area contributed by atoms with Crippen LogP contribution in [0.15, 0.2) is 41.3 Å². The van der Waals surface area contributed by atoms with Crippen molar-refractivity contribution in [2.45, 2.75) is 0 Å². The topological polar surface area (TPSA) is 61.6 Å².